The number of amides is 2. The molecule has 2 aromatic rings. The maximum Gasteiger partial charge on any atom is 0.315 e. The number of urea groups is 1. The lowest BCUT2D eigenvalue weighted by atomic mass is 9.89. The van der Waals surface area contributed by atoms with Crippen molar-refractivity contribution in [2.24, 2.45) is 5.14 Å². The Morgan fingerprint density at radius 1 is 0.929 bits per heavy atom. The van der Waals surface area contributed by atoms with Gasteiger partial charge < -0.3 is 10.6 Å². The van der Waals surface area contributed by atoms with Crippen molar-refractivity contribution in [1.29, 1.82) is 0 Å². The van der Waals surface area contributed by atoms with E-state index in [4.69, 9.17) is 5.14 Å². The molecule has 0 saturated carbocycles. The topological polar surface area (TPSA) is 101 Å². The number of carbonyl (C=O) groups excluding carboxylic acids is 1. The fourth-order valence-electron chi connectivity index (χ4n) is 3.59. The molecule has 2 unspecified atom stereocenters. The Balaban J connectivity index is 1.63. The molecule has 0 radical (unpaired) electrons. The van der Waals surface area contributed by atoms with Crippen molar-refractivity contribution in [3.63, 3.8) is 0 Å². The van der Waals surface area contributed by atoms with E-state index in [2.05, 4.69) is 28.8 Å². The van der Waals surface area contributed by atoms with Gasteiger partial charge in [-0.2, -0.15) is 0 Å². The lowest BCUT2D eigenvalue weighted by molar-refractivity contribution is 0.235. The second-order valence-electron chi connectivity index (χ2n) is 7.41. The molecular formula is C21H27N3O3S. The highest BCUT2D eigenvalue weighted by Crippen LogP contribution is 2.25. The number of nitrogens with one attached hydrogen (secondary N) is 2. The predicted molar refractivity (Wildman–Crippen MR) is 109 cm³/mol. The maximum atomic E-state index is 12.4. The van der Waals surface area contributed by atoms with Crippen molar-refractivity contribution in [3.8, 4) is 0 Å². The van der Waals surface area contributed by atoms with Crippen LogP contribution in [-0.4, -0.2) is 14.4 Å². The molecular weight excluding hydrogens is 374 g/mol. The molecule has 2 atom stereocenters. The van der Waals surface area contributed by atoms with Crippen LogP contribution in [0.15, 0.2) is 47.4 Å². The van der Waals surface area contributed by atoms with Gasteiger partial charge in [-0.15, -0.1) is 0 Å². The fourth-order valence-corrected chi connectivity index (χ4v) is 4.15. The van der Waals surface area contributed by atoms with E-state index >= 15 is 0 Å². The number of primary sulfonamides is 1. The minimum atomic E-state index is -3.78. The summed E-state index contributed by atoms with van der Waals surface area (Å²) in [7, 11) is -3.78. The van der Waals surface area contributed by atoms with Crippen LogP contribution in [0.5, 0.6) is 0 Å². The van der Waals surface area contributed by atoms with Crippen LogP contribution in [0.3, 0.4) is 0 Å². The molecule has 0 bridgehead atoms. The molecule has 0 spiro atoms. The van der Waals surface area contributed by atoms with E-state index in [0.717, 1.165) is 18.4 Å². The molecule has 0 heterocycles. The molecule has 6 nitrogen and oxygen atoms in total. The SMILES string of the molecule is CC(NC(=O)NC(C)c1ccc2c(c1)CCCC2)c1cccc(S(N)(=O)=O)c1. The number of carbonyl (C=O) groups is 1. The average Bonchev–Trinajstić information content (AvgIpc) is 2.66. The second kappa shape index (κ2) is 8.32. The molecule has 3 rings (SSSR count). The molecule has 0 fully saturated rings. The zero-order chi connectivity index (χ0) is 20.3. The Hall–Kier alpha value is -2.38. The van der Waals surface area contributed by atoms with E-state index in [9.17, 15) is 13.2 Å². The van der Waals surface area contributed by atoms with Gasteiger partial charge in [0.2, 0.25) is 10.0 Å². The first-order valence-corrected chi connectivity index (χ1v) is 11.1. The maximum absolute atomic E-state index is 12.4. The van der Waals surface area contributed by atoms with Crippen molar-refractivity contribution in [2.45, 2.75) is 56.5 Å². The molecule has 2 aromatic carbocycles. The van der Waals surface area contributed by atoms with Crippen molar-refractivity contribution < 1.29 is 13.2 Å². The molecule has 1 aliphatic rings. The van der Waals surface area contributed by atoms with Crippen LogP contribution < -0.4 is 15.8 Å². The van der Waals surface area contributed by atoms with Gasteiger partial charge in [0, 0.05) is 0 Å². The zero-order valence-corrected chi connectivity index (χ0v) is 17.1. The summed E-state index contributed by atoms with van der Waals surface area (Å²) in [5.74, 6) is 0. The first-order chi connectivity index (χ1) is 13.2. The van der Waals surface area contributed by atoms with Crippen molar-refractivity contribution in [3.05, 3.63) is 64.7 Å². The third-order valence-electron chi connectivity index (χ3n) is 5.25. The monoisotopic (exact) mass is 401 g/mol. The van der Waals surface area contributed by atoms with Crippen LogP contribution in [0, 0.1) is 0 Å². The van der Waals surface area contributed by atoms with Crippen LogP contribution in [0.4, 0.5) is 4.79 Å². The number of nitrogens with two attached hydrogens (primary N) is 1. The summed E-state index contributed by atoms with van der Waals surface area (Å²) >= 11 is 0. The van der Waals surface area contributed by atoms with Gasteiger partial charge in [0.05, 0.1) is 17.0 Å². The quantitative estimate of drug-likeness (QED) is 0.716. The predicted octanol–water partition coefficient (Wildman–Crippen LogP) is 3.33. The molecule has 150 valence electrons. The number of fused-ring (bicyclic) bond motifs is 1. The van der Waals surface area contributed by atoms with Crippen LogP contribution in [0.2, 0.25) is 0 Å². The van der Waals surface area contributed by atoms with Gasteiger partial charge in [-0.1, -0.05) is 30.3 Å². The molecule has 2 amide bonds. The molecule has 7 heteroatoms. The van der Waals surface area contributed by atoms with Gasteiger partial charge >= 0.3 is 6.03 Å². The number of benzene rings is 2. The lowest BCUT2D eigenvalue weighted by Gasteiger charge is -2.21. The smallest absolute Gasteiger partial charge is 0.315 e. The third-order valence-corrected chi connectivity index (χ3v) is 6.17. The van der Waals surface area contributed by atoms with E-state index in [1.54, 1.807) is 19.1 Å². The average molecular weight is 402 g/mol. The number of aryl methyl sites for hydroxylation is 2. The molecule has 28 heavy (non-hydrogen) atoms. The Labute approximate surface area is 166 Å². The summed E-state index contributed by atoms with van der Waals surface area (Å²) in [5, 5.41) is 11.0. The van der Waals surface area contributed by atoms with Gasteiger partial charge in [0.25, 0.3) is 0 Å². The number of hydrogen-bond donors (Lipinski definition) is 3. The Morgan fingerprint density at radius 2 is 1.54 bits per heavy atom. The minimum absolute atomic E-state index is 0.0292. The minimum Gasteiger partial charge on any atom is -0.332 e. The lowest BCUT2D eigenvalue weighted by Crippen LogP contribution is -2.38. The fraction of sp³-hybridized carbons (Fsp3) is 0.381. The Kier molecular flexibility index (Phi) is 6.05. The van der Waals surface area contributed by atoms with Crippen molar-refractivity contribution >= 4 is 16.1 Å². The van der Waals surface area contributed by atoms with Gasteiger partial charge in [-0.05, 0) is 73.9 Å². The molecule has 0 aliphatic heterocycles. The number of rotatable bonds is 5. The normalized spacial score (nSPS) is 16.0. The van der Waals surface area contributed by atoms with Crippen molar-refractivity contribution in [2.75, 3.05) is 0 Å². The Morgan fingerprint density at radius 3 is 2.18 bits per heavy atom. The van der Waals surface area contributed by atoms with E-state index in [-0.39, 0.29) is 23.0 Å². The van der Waals surface area contributed by atoms with E-state index in [1.807, 2.05) is 6.92 Å². The highest BCUT2D eigenvalue weighted by Gasteiger charge is 2.17. The highest BCUT2D eigenvalue weighted by molar-refractivity contribution is 7.89. The van der Waals surface area contributed by atoms with Crippen molar-refractivity contribution in [1.82, 2.24) is 10.6 Å². The van der Waals surface area contributed by atoms with Crippen LogP contribution in [0.1, 0.15) is 61.0 Å². The van der Waals surface area contributed by atoms with E-state index in [0.29, 0.717) is 5.56 Å². The van der Waals surface area contributed by atoms with Gasteiger partial charge in [0.15, 0.2) is 0 Å². The summed E-state index contributed by atoms with van der Waals surface area (Å²) in [6, 6.07) is 11.9. The van der Waals surface area contributed by atoms with Crippen LogP contribution in [-0.2, 0) is 22.9 Å². The zero-order valence-electron chi connectivity index (χ0n) is 16.2. The first-order valence-electron chi connectivity index (χ1n) is 9.55. The largest absolute Gasteiger partial charge is 0.332 e. The first kappa shape index (κ1) is 20.4. The Bertz CT molecular complexity index is 973. The summed E-state index contributed by atoms with van der Waals surface area (Å²) in [4.78, 5) is 12.4. The van der Waals surface area contributed by atoms with Crippen LogP contribution in [0.25, 0.3) is 0 Å². The molecule has 1 aliphatic carbocycles. The van der Waals surface area contributed by atoms with E-state index in [1.165, 1.54) is 36.1 Å². The summed E-state index contributed by atoms with van der Waals surface area (Å²) in [6.07, 6.45) is 4.69. The summed E-state index contributed by atoms with van der Waals surface area (Å²) < 4.78 is 23.0. The van der Waals surface area contributed by atoms with Gasteiger partial charge in [-0.25, -0.2) is 18.4 Å². The summed E-state index contributed by atoms with van der Waals surface area (Å²) in [5.41, 5.74) is 4.55. The highest BCUT2D eigenvalue weighted by atomic mass is 32.2. The standard InChI is InChI=1S/C21H27N3O3S/c1-14(17-8-5-9-20(13-17)28(22,26)27)23-21(25)24-15(2)18-11-10-16-6-3-4-7-19(16)12-18/h5,8-15H,3-4,6-7H2,1-2H3,(H2,22,26,27)(H2,23,24,25). The molecule has 0 saturated heterocycles. The second-order valence-corrected chi connectivity index (χ2v) is 8.98. The number of sulfonamides is 1. The van der Waals surface area contributed by atoms with Gasteiger partial charge in [0.1, 0.15) is 0 Å². The molecule has 4 N–H and O–H groups in total. The van der Waals surface area contributed by atoms with Gasteiger partial charge in [-0.3, -0.25) is 0 Å². The molecule has 0 aromatic heterocycles. The van der Waals surface area contributed by atoms with Crippen LogP contribution >= 0.6 is 0 Å². The third kappa shape index (κ3) is 4.91. The summed E-state index contributed by atoms with van der Waals surface area (Å²) in [6.45, 7) is 3.75. The van der Waals surface area contributed by atoms with E-state index < -0.39 is 10.0 Å². The number of hydrogen-bond acceptors (Lipinski definition) is 3.